The van der Waals surface area contributed by atoms with Crippen LogP contribution in [0.4, 0.5) is 5.69 Å². The van der Waals surface area contributed by atoms with Crippen LogP contribution in [0.2, 0.25) is 0 Å². The van der Waals surface area contributed by atoms with E-state index in [0.29, 0.717) is 29.6 Å². The molecule has 7 nitrogen and oxygen atoms in total. The third-order valence-corrected chi connectivity index (χ3v) is 4.14. The van der Waals surface area contributed by atoms with Gasteiger partial charge >= 0.3 is 5.97 Å². The molecule has 2 heterocycles. The van der Waals surface area contributed by atoms with Crippen molar-refractivity contribution in [2.45, 2.75) is 25.8 Å². The van der Waals surface area contributed by atoms with Gasteiger partial charge in [-0.2, -0.15) is 5.10 Å². The number of hydrogen-bond donors (Lipinski definition) is 2. The molecular formula is C18H23ClN4O3. The number of hydrogen-bond acceptors (Lipinski definition) is 5. The molecular weight excluding hydrogens is 356 g/mol. The molecule has 0 saturated carbocycles. The van der Waals surface area contributed by atoms with Crippen molar-refractivity contribution in [3.63, 3.8) is 0 Å². The summed E-state index contributed by atoms with van der Waals surface area (Å²) in [6.07, 6.45) is 4.01. The highest BCUT2D eigenvalue weighted by Crippen LogP contribution is 2.16. The van der Waals surface area contributed by atoms with Gasteiger partial charge in [-0.15, -0.1) is 12.4 Å². The van der Waals surface area contributed by atoms with Crippen LogP contribution >= 0.6 is 12.4 Å². The third kappa shape index (κ3) is 4.83. The van der Waals surface area contributed by atoms with Gasteiger partial charge < -0.3 is 15.4 Å². The summed E-state index contributed by atoms with van der Waals surface area (Å²) in [5, 5.41) is 10.5. The van der Waals surface area contributed by atoms with Crippen LogP contribution in [0.15, 0.2) is 36.5 Å². The number of anilines is 1. The minimum Gasteiger partial charge on any atom is -0.462 e. The normalized spacial score (nSPS) is 16.4. The number of rotatable bonds is 5. The molecule has 1 aromatic carbocycles. The second kappa shape index (κ2) is 9.35. The van der Waals surface area contributed by atoms with Crippen LogP contribution in [-0.4, -0.2) is 41.4 Å². The molecule has 1 aromatic heterocycles. The lowest BCUT2D eigenvalue weighted by Gasteiger charge is -2.22. The molecule has 1 unspecified atom stereocenters. The maximum atomic E-state index is 12.3. The lowest BCUT2D eigenvalue weighted by atomic mass is 10.1. The van der Waals surface area contributed by atoms with Gasteiger partial charge in [-0.05, 0) is 56.6 Å². The zero-order chi connectivity index (χ0) is 17.6. The Morgan fingerprint density at radius 1 is 1.31 bits per heavy atom. The number of carbonyl (C=O) groups excluding carboxylic acids is 2. The minimum atomic E-state index is -0.375. The van der Waals surface area contributed by atoms with Crippen LogP contribution in [-0.2, 0) is 4.74 Å². The Balaban J connectivity index is 0.00000243. The molecule has 140 valence electrons. The predicted molar refractivity (Wildman–Crippen MR) is 101 cm³/mol. The van der Waals surface area contributed by atoms with Crippen molar-refractivity contribution in [2.75, 3.05) is 25.0 Å². The average Bonchev–Trinajstić information content (AvgIpc) is 3.13. The van der Waals surface area contributed by atoms with E-state index >= 15 is 0 Å². The number of benzene rings is 1. The number of halogens is 1. The van der Waals surface area contributed by atoms with E-state index in [-0.39, 0.29) is 24.3 Å². The molecule has 1 atom stereocenters. The van der Waals surface area contributed by atoms with Crippen LogP contribution in [0.3, 0.4) is 0 Å². The predicted octanol–water partition coefficient (Wildman–Crippen LogP) is 2.66. The maximum Gasteiger partial charge on any atom is 0.338 e. The lowest BCUT2D eigenvalue weighted by molar-refractivity contribution is 0.0526. The number of amides is 1. The van der Waals surface area contributed by atoms with Gasteiger partial charge in [0.25, 0.3) is 5.91 Å². The van der Waals surface area contributed by atoms with Crippen molar-refractivity contribution < 1.29 is 14.3 Å². The molecule has 0 radical (unpaired) electrons. The number of esters is 1. The monoisotopic (exact) mass is 378 g/mol. The molecule has 8 heteroatoms. The zero-order valence-electron chi connectivity index (χ0n) is 14.6. The summed E-state index contributed by atoms with van der Waals surface area (Å²) in [5.41, 5.74) is 1.43. The maximum absolute atomic E-state index is 12.3. The summed E-state index contributed by atoms with van der Waals surface area (Å²) in [4.78, 5) is 24.0. The Morgan fingerprint density at radius 2 is 2.08 bits per heavy atom. The highest BCUT2D eigenvalue weighted by atomic mass is 35.5. The SMILES string of the molecule is CCOC(=O)c1ccc(NC(=O)c2ccn(C3CCCNC3)n2)cc1.Cl. The molecule has 0 aliphatic carbocycles. The van der Waals surface area contributed by atoms with Crippen LogP contribution in [0.1, 0.15) is 46.7 Å². The fourth-order valence-corrected chi connectivity index (χ4v) is 2.82. The van der Waals surface area contributed by atoms with Crippen LogP contribution in [0.5, 0.6) is 0 Å². The summed E-state index contributed by atoms with van der Waals surface area (Å²) in [6, 6.07) is 8.61. The van der Waals surface area contributed by atoms with Gasteiger partial charge in [-0.25, -0.2) is 4.79 Å². The molecule has 3 rings (SSSR count). The van der Waals surface area contributed by atoms with Crippen molar-refractivity contribution in [1.82, 2.24) is 15.1 Å². The second-order valence-electron chi connectivity index (χ2n) is 5.93. The standard InChI is InChI=1S/C18H22N4O3.ClH/c1-2-25-18(24)13-5-7-14(8-6-13)20-17(23)16-9-11-22(21-16)15-4-3-10-19-12-15;/h5-9,11,15,19H,2-4,10,12H2,1H3,(H,20,23);1H. The van der Waals surface area contributed by atoms with Gasteiger partial charge in [0.1, 0.15) is 0 Å². The third-order valence-electron chi connectivity index (χ3n) is 4.14. The van der Waals surface area contributed by atoms with E-state index in [1.54, 1.807) is 37.3 Å². The quantitative estimate of drug-likeness (QED) is 0.781. The number of nitrogens with one attached hydrogen (secondary N) is 2. The van der Waals surface area contributed by atoms with Gasteiger partial charge in [0.15, 0.2) is 5.69 Å². The smallest absolute Gasteiger partial charge is 0.338 e. The Hall–Kier alpha value is -2.38. The fraction of sp³-hybridized carbons (Fsp3) is 0.389. The molecule has 0 spiro atoms. The summed E-state index contributed by atoms with van der Waals surface area (Å²) in [5.74, 6) is -0.647. The van der Waals surface area contributed by atoms with E-state index in [1.165, 1.54) is 0 Å². The van der Waals surface area contributed by atoms with Gasteiger partial charge in [-0.1, -0.05) is 0 Å². The minimum absolute atomic E-state index is 0. The van der Waals surface area contributed by atoms with E-state index in [2.05, 4.69) is 15.7 Å². The molecule has 1 saturated heterocycles. The van der Waals surface area contributed by atoms with Crippen molar-refractivity contribution in [1.29, 1.82) is 0 Å². The van der Waals surface area contributed by atoms with Crippen molar-refractivity contribution in [2.24, 2.45) is 0 Å². The van der Waals surface area contributed by atoms with Crippen molar-refractivity contribution in [3.8, 4) is 0 Å². The van der Waals surface area contributed by atoms with E-state index in [4.69, 9.17) is 4.74 Å². The highest BCUT2D eigenvalue weighted by molar-refractivity contribution is 6.03. The van der Waals surface area contributed by atoms with Crippen LogP contribution < -0.4 is 10.6 Å². The van der Waals surface area contributed by atoms with Gasteiger partial charge in [0, 0.05) is 18.4 Å². The van der Waals surface area contributed by atoms with Crippen LogP contribution in [0, 0.1) is 0 Å². The zero-order valence-corrected chi connectivity index (χ0v) is 15.4. The topological polar surface area (TPSA) is 85.2 Å². The molecule has 1 amide bonds. The van der Waals surface area contributed by atoms with E-state index in [0.717, 1.165) is 25.9 Å². The number of ether oxygens (including phenoxy) is 1. The Kier molecular flexibility index (Phi) is 7.17. The molecule has 1 aliphatic rings. The van der Waals surface area contributed by atoms with Gasteiger partial charge in [-0.3, -0.25) is 9.48 Å². The first-order valence-corrected chi connectivity index (χ1v) is 8.52. The first kappa shape index (κ1) is 19.9. The van der Waals surface area contributed by atoms with E-state index in [1.807, 2.05) is 10.9 Å². The first-order chi connectivity index (χ1) is 12.2. The number of aromatic nitrogens is 2. The lowest BCUT2D eigenvalue weighted by Crippen LogP contribution is -2.32. The molecule has 0 bridgehead atoms. The fourth-order valence-electron chi connectivity index (χ4n) is 2.82. The summed E-state index contributed by atoms with van der Waals surface area (Å²) < 4.78 is 6.79. The number of carbonyl (C=O) groups is 2. The first-order valence-electron chi connectivity index (χ1n) is 8.52. The van der Waals surface area contributed by atoms with Crippen molar-refractivity contribution >= 4 is 30.0 Å². The largest absolute Gasteiger partial charge is 0.462 e. The Morgan fingerprint density at radius 3 is 2.73 bits per heavy atom. The summed E-state index contributed by atoms with van der Waals surface area (Å²) in [7, 11) is 0. The Bertz CT molecular complexity index is 739. The second-order valence-corrected chi connectivity index (χ2v) is 5.93. The van der Waals surface area contributed by atoms with Gasteiger partial charge in [0.2, 0.25) is 0 Å². The molecule has 1 fully saturated rings. The number of piperidine rings is 1. The molecule has 2 aromatic rings. The van der Waals surface area contributed by atoms with E-state index in [9.17, 15) is 9.59 Å². The summed E-state index contributed by atoms with van der Waals surface area (Å²) in [6.45, 7) is 4.00. The van der Waals surface area contributed by atoms with Crippen LogP contribution in [0.25, 0.3) is 0 Å². The molecule has 26 heavy (non-hydrogen) atoms. The van der Waals surface area contributed by atoms with Crippen molar-refractivity contribution in [3.05, 3.63) is 47.8 Å². The Labute approximate surface area is 158 Å². The number of nitrogens with zero attached hydrogens (tertiary/aromatic N) is 2. The molecule has 2 N–H and O–H groups in total. The summed E-state index contributed by atoms with van der Waals surface area (Å²) >= 11 is 0. The highest BCUT2D eigenvalue weighted by Gasteiger charge is 2.18. The average molecular weight is 379 g/mol. The van der Waals surface area contributed by atoms with Gasteiger partial charge in [0.05, 0.1) is 18.2 Å². The van der Waals surface area contributed by atoms with E-state index < -0.39 is 0 Å². The molecule has 1 aliphatic heterocycles.